The van der Waals surface area contributed by atoms with Crippen LogP contribution in [0.5, 0.6) is 5.75 Å². The lowest BCUT2D eigenvalue weighted by atomic mass is 9.87. The molecule has 0 heterocycles. The first kappa shape index (κ1) is 17.0. The number of nitrogens with zero attached hydrogens (tertiary/aromatic N) is 1. The van der Waals surface area contributed by atoms with Gasteiger partial charge < -0.3 is 9.22 Å². The van der Waals surface area contributed by atoms with E-state index in [0.717, 1.165) is 23.4 Å². The van der Waals surface area contributed by atoms with Crippen LogP contribution in [0, 0.1) is 0 Å². The molecular formula is C18H32NO+. The Morgan fingerprint density at radius 1 is 0.900 bits per heavy atom. The molecule has 0 fully saturated rings. The number of hydrogen-bond donors (Lipinski definition) is 0. The van der Waals surface area contributed by atoms with Gasteiger partial charge in [-0.1, -0.05) is 32.9 Å². The van der Waals surface area contributed by atoms with E-state index in [1.807, 2.05) is 0 Å². The summed E-state index contributed by atoms with van der Waals surface area (Å²) in [5.74, 6) is 0.986. The number of rotatable bonds is 7. The van der Waals surface area contributed by atoms with E-state index in [1.54, 1.807) is 0 Å². The van der Waals surface area contributed by atoms with Crippen LogP contribution in [-0.4, -0.2) is 37.3 Å². The van der Waals surface area contributed by atoms with Crippen LogP contribution in [0.2, 0.25) is 0 Å². The molecule has 2 nitrogen and oxygen atoms in total. The van der Waals surface area contributed by atoms with E-state index in [0.29, 0.717) is 0 Å². The highest BCUT2D eigenvalue weighted by atomic mass is 16.5. The molecule has 0 bridgehead atoms. The SMILES string of the molecule is CC[N+](CC)(CC)CCOc1ccc(C(C)(C)C)cc1. The van der Waals surface area contributed by atoms with Crippen LogP contribution in [-0.2, 0) is 5.41 Å². The highest BCUT2D eigenvalue weighted by molar-refractivity contribution is 5.31. The van der Waals surface area contributed by atoms with E-state index in [-0.39, 0.29) is 5.41 Å². The third kappa shape index (κ3) is 4.52. The van der Waals surface area contributed by atoms with E-state index < -0.39 is 0 Å². The summed E-state index contributed by atoms with van der Waals surface area (Å²) in [4.78, 5) is 0. The van der Waals surface area contributed by atoms with Crippen LogP contribution in [0.3, 0.4) is 0 Å². The third-order valence-corrected chi connectivity index (χ3v) is 4.57. The predicted molar refractivity (Wildman–Crippen MR) is 87.4 cm³/mol. The van der Waals surface area contributed by atoms with Crippen LogP contribution in [0.4, 0.5) is 0 Å². The van der Waals surface area contributed by atoms with Gasteiger partial charge in [-0.25, -0.2) is 0 Å². The maximum absolute atomic E-state index is 5.92. The van der Waals surface area contributed by atoms with Crippen molar-refractivity contribution in [3.8, 4) is 5.75 Å². The highest BCUT2D eigenvalue weighted by Gasteiger charge is 2.20. The van der Waals surface area contributed by atoms with Crippen molar-refractivity contribution in [3.63, 3.8) is 0 Å². The fourth-order valence-electron chi connectivity index (χ4n) is 2.55. The summed E-state index contributed by atoms with van der Waals surface area (Å²) in [6, 6.07) is 8.55. The number of likely N-dealkylation sites (N-methyl/N-ethyl adjacent to an activating group) is 1. The van der Waals surface area contributed by atoms with Crippen molar-refractivity contribution in [2.75, 3.05) is 32.8 Å². The molecule has 0 aromatic heterocycles. The second-order valence-corrected chi connectivity index (χ2v) is 6.64. The Balaban J connectivity index is 2.54. The molecule has 1 aromatic rings. The first-order valence-electron chi connectivity index (χ1n) is 7.95. The molecule has 0 saturated heterocycles. The van der Waals surface area contributed by atoms with Gasteiger partial charge in [0.2, 0.25) is 0 Å². The van der Waals surface area contributed by atoms with Crippen molar-refractivity contribution in [3.05, 3.63) is 29.8 Å². The van der Waals surface area contributed by atoms with Gasteiger partial charge in [0.25, 0.3) is 0 Å². The largest absolute Gasteiger partial charge is 0.488 e. The summed E-state index contributed by atoms with van der Waals surface area (Å²) in [6.45, 7) is 18.9. The van der Waals surface area contributed by atoms with Crippen molar-refractivity contribution < 1.29 is 9.22 Å². The van der Waals surface area contributed by atoms with Gasteiger partial charge in [0.15, 0.2) is 0 Å². The smallest absolute Gasteiger partial charge is 0.137 e. The lowest BCUT2D eigenvalue weighted by molar-refractivity contribution is -0.923. The summed E-state index contributed by atoms with van der Waals surface area (Å²) in [6.07, 6.45) is 0. The Bertz CT molecular complexity index is 377. The molecule has 0 amide bonds. The Morgan fingerprint density at radius 2 is 1.40 bits per heavy atom. The predicted octanol–water partition coefficient (Wildman–Crippen LogP) is 4.24. The molecule has 2 heteroatoms. The number of ether oxygens (including phenoxy) is 1. The maximum atomic E-state index is 5.92. The van der Waals surface area contributed by atoms with E-state index >= 15 is 0 Å². The molecule has 0 saturated carbocycles. The zero-order valence-corrected chi connectivity index (χ0v) is 14.2. The fraction of sp³-hybridized carbons (Fsp3) is 0.667. The van der Waals surface area contributed by atoms with E-state index in [2.05, 4.69) is 65.8 Å². The lowest BCUT2D eigenvalue weighted by Crippen LogP contribution is -2.49. The van der Waals surface area contributed by atoms with Crippen molar-refractivity contribution in [2.45, 2.75) is 47.0 Å². The Labute approximate surface area is 125 Å². The van der Waals surface area contributed by atoms with Crippen LogP contribution in [0.15, 0.2) is 24.3 Å². The van der Waals surface area contributed by atoms with Gasteiger partial charge in [-0.3, -0.25) is 0 Å². The second kappa shape index (κ2) is 7.12. The quantitative estimate of drug-likeness (QED) is 0.678. The van der Waals surface area contributed by atoms with Crippen molar-refractivity contribution >= 4 is 0 Å². The molecule has 114 valence electrons. The summed E-state index contributed by atoms with van der Waals surface area (Å²) in [5, 5.41) is 0. The van der Waals surface area contributed by atoms with E-state index in [1.165, 1.54) is 25.2 Å². The third-order valence-electron chi connectivity index (χ3n) is 4.57. The molecule has 0 unspecified atom stereocenters. The van der Waals surface area contributed by atoms with Gasteiger partial charge in [0.1, 0.15) is 18.9 Å². The average molecular weight is 278 g/mol. The van der Waals surface area contributed by atoms with Gasteiger partial charge >= 0.3 is 0 Å². The molecule has 0 aliphatic carbocycles. The summed E-state index contributed by atoms with van der Waals surface area (Å²) < 4.78 is 7.06. The molecule has 20 heavy (non-hydrogen) atoms. The summed E-state index contributed by atoms with van der Waals surface area (Å²) in [7, 11) is 0. The van der Waals surface area contributed by atoms with Gasteiger partial charge in [-0.15, -0.1) is 0 Å². The molecule has 1 rings (SSSR count). The normalized spacial score (nSPS) is 12.5. The van der Waals surface area contributed by atoms with Crippen molar-refractivity contribution in [1.82, 2.24) is 0 Å². The van der Waals surface area contributed by atoms with Crippen LogP contribution in [0.1, 0.15) is 47.1 Å². The van der Waals surface area contributed by atoms with Gasteiger partial charge in [-0.05, 0) is 43.9 Å². The average Bonchev–Trinajstić information content (AvgIpc) is 2.44. The first-order valence-corrected chi connectivity index (χ1v) is 7.95. The molecule has 0 N–H and O–H groups in total. The minimum absolute atomic E-state index is 0.206. The summed E-state index contributed by atoms with van der Waals surface area (Å²) >= 11 is 0. The minimum atomic E-state index is 0.206. The number of hydrogen-bond acceptors (Lipinski definition) is 1. The lowest BCUT2D eigenvalue weighted by Gasteiger charge is -2.35. The van der Waals surface area contributed by atoms with E-state index in [4.69, 9.17) is 4.74 Å². The Kier molecular flexibility index (Phi) is 6.07. The molecule has 1 aromatic carbocycles. The maximum Gasteiger partial charge on any atom is 0.137 e. The monoisotopic (exact) mass is 278 g/mol. The molecule has 0 radical (unpaired) electrons. The molecule has 0 aliphatic heterocycles. The number of quaternary nitrogens is 1. The fourth-order valence-corrected chi connectivity index (χ4v) is 2.55. The van der Waals surface area contributed by atoms with Crippen LogP contribution >= 0.6 is 0 Å². The number of benzene rings is 1. The van der Waals surface area contributed by atoms with Crippen molar-refractivity contribution in [1.29, 1.82) is 0 Å². The summed E-state index contributed by atoms with van der Waals surface area (Å²) in [5.41, 5.74) is 1.56. The molecular weight excluding hydrogens is 246 g/mol. The molecule has 0 atom stereocenters. The Hall–Kier alpha value is -1.02. The zero-order valence-electron chi connectivity index (χ0n) is 14.2. The topological polar surface area (TPSA) is 9.23 Å². The van der Waals surface area contributed by atoms with Crippen molar-refractivity contribution in [2.24, 2.45) is 0 Å². The highest BCUT2D eigenvalue weighted by Crippen LogP contribution is 2.24. The zero-order chi connectivity index (χ0) is 15.2. The van der Waals surface area contributed by atoms with Gasteiger partial charge in [0, 0.05) is 0 Å². The standard InChI is InChI=1S/C18H32NO/c1-7-19(8-2,9-3)14-15-20-17-12-10-16(11-13-17)18(4,5)6/h10-13H,7-9,14-15H2,1-6H3/q+1. The first-order chi connectivity index (χ1) is 9.37. The second-order valence-electron chi connectivity index (χ2n) is 6.64. The van der Waals surface area contributed by atoms with Gasteiger partial charge in [-0.2, -0.15) is 0 Å². The Morgan fingerprint density at radius 3 is 1.80 bits per heavy atom. The molecule has 0 aliphatic rings. The van der Waals surface area contributed by atoms with Crippen LogP contribution in [0.25, 0.3) is 0 Å². The molecule has 0 spiro atoms. The minimum Gasteiger partial charge on any atom is -0.488 e. The van der Waals surface area contributed by atoms with Crippen LogP contribution < -0.4 is 4.74 Å². The van der Waals surface area contributed by atoms with Gasteiger partial charge in [0.05, 0.1) is 19.6 Å². The van der Waals surface area contributed by atoms with E-state index in [9.17, 15) is 0 Å².